The third-order valence-corrected chi connectivity index (χ3v) is 1.01. The van der Waals surface area contributed by atoms with E-state index in [1.54, 1.807) is 0 Å². The minimum atomic E-state index is -0.906. The Kier molecular flexibility index (Phi) is 5.17. The first-order valence-electron chi connectivity index (χ1n) is 3.19. The number of carbonyl (C=O) groups excluding carboxylic acids is 1. The molecule has 0 aromatic heterocycles. The maximum absolute atomic E-state index is 10.6. The summed E-state index contributed by atoms with van der Waals surface area (Å²) in [5.41, 5.74) is 0. The minimum Gasteiger partial charge on any atom is -0.394 e. The molecule has 1 unspecified atom stereocenters. The quantitative estimate of drug-likeness (QED) is 0.434. The molecular weight excluding hydrogens is 146 g/mol. The SMILES string of the molecule is C#CCC(=O)NCC(O)CO. The third-order valence-electron chi connectivity index (χ3n) is 1.01. The van der Waals surface area contributed by atoms with Crippen molar-refractivity contribution in [2.24, 2.45) is 0 Å². The molecule has 4 nitrogen and oxygen atoms in total. The molecule has 0 aliphatic heterocycles. The van der Waals surface area contributed by atoms with Crippen molar-refractivity contribution in [2.75, 3.05) is 13.2 Å². The Morgan fingerprint density at radius 2 is 2.36 bits per heavy atom. The molecule has 0 bridgehead atoms. The molecule has 62 valence electrons. The summed E-state index contributed by atoms with van der Waals surface area (Å²) in [6.45, 7) is -0.326. The highest BCUT2D eigenvalue weighted by Gasteiger charge is 2.03. The Balaban J connectivity index is 3.39. The zero-order chi connectivity index (χ0) is 8.69. The van der Waals surface area contributed by atoms with E-state index in [9.17, 15) is 4.79 Å². The molecule has 0 heterocycles. The molecule has 3 N–H and O–H groups in total. The smallest absolute Gasteiger partial charge is 0.232 e. The molecule has 0 aromatic carbocycles. The summed E-state index contributed by atoms with van der Waals surface area (Å²) in [7, 11) is 0. The lowest BCUT2D eigenvalue weighted by molar-refractivity contribution is -0.120. The topological polar surface area (TPSA) is 69.6 Å². The molecule has 0 aliphatic rings. The van der Waals surface area contributed by atoms with Crippen molar-refractivity contribution in [3.8, 4) is 12.3 Å². The monoisotopic (exact) mass is 157 g/mol. The van der Waals surface area contributed by atoms with Crippen molar-refractivity contribution in [3.05, 3.63) is 0 Å². The van der Waals surface area contributed by atoms with Gasteiger partial charge < -0.3 is 15.5 Å². The zero-order valence-corrected chi connectivity index (χ0v) is 6.08. The van der Waals surface area contributed by atoms with Crippen LogP contribution >= 0.6 is 0 Å². The van der Waals surface area contributed by atoms with Gasteiger partial charge in [0, 0.05) is 6.54 Å². The van der Waals surface area contributed by atoms with Crippen molar-refractivity contribution < 1.29 is 15.0 Å². The molecule has 0 saturated heterocycles. The Bertz CT molecular complexity index is 162. The van der Waals surface area contributed by atoms with E-state index in [1.807, 2.05) is 0 Å². The van der Waals surface area contributed by atoms with Gasteiger partial charge in [0.25, 0.3) is 0 Å². The van der Waals surface area contributed by atoms with Crippen LogP contribution in [0.15, 0.2) is 0 Å². The Labute approximate surface area is 65.2 Å². The van der Waals surface area contributed by atoms with E-state index < -0.39 is 6.10 Å². The van der Waals surface area contributed by atoms with Gasteiger partial charge in [-0.05, 0) is 0 Å². The molecule has 4 heteroatoms. The first-order valence-corrected chi connectivity index (χ1v) is 3.19. The number of hydrogen-bond donors (Lipinski definition) is 3. The summed E-state index contributed by atoms with van der Waals surface area (Å²) in [6, 6.07) is 0. The van der Waals surface area contributed by atoms with Crippen molar-refractivity contribution in [3.63, 3.8) is 0 Å². The molecule has 11 heavy (non-hydrogen) atoms. The summed E-state index contributed by atoms with van der Waals surface area (Å²) >= 11 is 0. The standard InChI is InChI=1S/C7H11NO3/c1-2-3-7(11)8-4-6(10)5-9/h1,6,9-10H,3-5H2,(H,8,11). The van der Waals surface area contributed by atoms with Crippen molar-refractivity contribution >= 4 is 5.91 Å². The average Bonchev–Trinajstić information content (AvgIpc) is 2.01. The molecule has 1 amide bonds. The van der Waals surface area contributed by atoms with Gasteiger partial charge in [0.1, 0.15) is 0 Å². The van der Waals surface area contributed by atoms with Crippen LogP contribution in [0, 0.1) is 12.3 Å². The predicted molar refractivity (Wildman–Crippen MR) is 39.6 cm³/mol. The fraction of sp³-hybridized carbons (Fsp3) is 0.571. The van der Waals surface area contributed by atoms with Crippen LogP contribution in [0.3, 0.4) is 0 Å². The van der Waals surface area contributed by atoms with Gasteiger partial charge in [-0.2, -0.15) is 0 Å². The summed E-state index contributed by atoms with van der Waals surface area (Å²) < 4.78 is 0. The highest BCUT2D eigenvalue weighted by atomic mass is 16.3. The fourth-order valence-electron chi connectivity index (χ4n) is 0.451. The highest BCUT2D eigenvalue weighted by Crippen LogP contribution is 1.79. The minimum absolute atomic E-state index is 0.00184. The van der Waals surface area contributed by atoms with Gasteiger partial charge in [-0.25, -0.2) is 0 Å². The van der Waals surface area contributed by atoms with Gasteiger partial charge in [0.05, 0.1) is 19.1 Å². The van der Waals surface area contributed by atoms with E-state index in [0.29, 0.717) is 0 Å². The molecule has 0 radical (unpaired) electrons. The van der Waals surface area contributed by atoms with E-state index >= 15 is 0 Å². The lowest BCUT2D eigenvalue weighted by Crippen LogP contribution is -2.33. The number of aliphatic hydroxyl groups excluding tert-OH is 2. The number of hydrogen-bond acceptors (Lipinski definition) is 3. The first kappa shape index (κ1) is 9.95. The van der Waals surface area contributed by atoms with E-state index in [0.717, 1.165) is 0 Å². The maximum atomic E-state index is 10.6. The number of rotatable bonds is 4. The molecule has 0 fully saturated rings. The summed E-state index contributed by atoms with van der Waals surface area (Å²) in [5.74, 6) is 1.83. The second-order valence-corrected chi connectivity index (χ2v) is 2.02. The van der Waals surface area contributed by atoms with Crippen LogP contribution in [0.1, 0.15) is 6.42 Å². The lowest BCUT2D eigenvalue weighted by Gasteiger charge is -2.06. The first-order chi connectivity index (χ1) is 5.20. The number of carbonyl (C=O) groups is 1. The second kappa shape index (κ2) is 5.71. The normalized spacial score (nSPS) is 11.7. The largest absolute Gasteiger partial charge is 0.394 e. The average molecular weight is 157 g/mol. The number of amides is 1. The summed E-state index contributed by atoms with van der Waals surface area (Å²) in [6.07, 6.45) is 3.94. The van der Waals surface area contributed by atoms with Crippen molar-refractivity contribution in [1.82, 2.24) is 5.32 Å². The van der Waals surface area contributed by atoms with Crippen LogP contribution in [0.5, 0.6) is 0 Å². The number of nitrogens with one attached hydrogen (secondary N) is 1. The number of terminal acetylenes is 1. The fourth-order valence-corrected chi connectivity index (χ4v) is 0.451. The van der Waals surface area contributed by atoms with Gasteiger partial charge in [-0.1, -0.05) is 5.92 Å². The van der Waals surface area contributed by atoms with Gasteiger partial charge in [0.15, 0.2) is 0 Å². The summed E-state index contributed by atoms with van der Waals surface area (Å²) in [5, 5.41) is 19.4. The Morgan fingerprint density at radius 3 is 2.82 bits per heavy atom. The van der Waals surface area contributed by atoms with E-state index in [2.05, 4.69) is 11.2 Å². The van der Waals surface area contributed by atoms with Gasteiger partial charge in [-0.3, -0.25) is 4.79 Å². The second-order valence-electron chi connectivity index (χ2n) is 2.02. The maximum Gasteiger partial charge on any atom is 0.232 e. The van der Waals surface area contributed by atoms with Crippen molar-refractivity contribution in [1.29, 1.82) is 0 Å². The Hall–Kier alpha value is -1.05. The van der Waals surface area contributed by atoms with E-state index in [4.69, 9.17) is 16.6 Å². The van der Waals surface area contributed by atoms with Crippen LogP contribution < -0.4 is 5.32 Å². The van der Waals surface area contributed by atoms with Crippen LogP contribution in [-0.2, 0) is 4.79 Å². The summed E-state index contributed by atoms with van der Waals surface area (Å²) in [4.78, 5) is 10.6. The van der Waals surface area contributed by atoms with Crippen molar-refractivity contribution in [2.45, 2.75) is 12.5 Å². The van der Waals surface area contributed by atoms with Crippen LogP contribution in [-0.4, -0.2) is 35.4 Å². The molecular formula is C7H11NO3. The van der Waals surface area contributed by atoms with Crippen LogP contribution in [0.4, 0.5) is 0 Å². The highest BCUT2D eigenvalue weighted by molar-refractivity contribution is 5.78. The molecule has 0 aromatic rings. The number of aliphatic hydroxyl groups is 2. The molecule has 0 spiro atoms. The molecule has 0 aliphatic carbocycles. The van der Waals surface area contributed by atoms with E-state index in [1.165, 1.54) is 0 Å². The van der Waals surface area contributed by atoms with Crippen LogP contribution in [0.25, 0.3) is 0 Å². The lowest BCUT2D eigenvalue weighted by atomic mass is 10.3. The Morgan fingerprint density at radius 1 is 1.73 bits per heavy atom. The van der Waals surface area contributed by atoms with Gasteiger partial charge >= 0.3 is 0 Å². The third kappa shape index (κ3) is 5.40. The van der Waals surface area contributed by atoms with Crippen LogP contribution in [0.2, 0.25) is 0 Å². The molecule has 0 saturated carbocycles. The van der Waals surface area contributed by atoms with Gasteiger partial charge in [-0.15, -0.1) is 6.42 Å². The molecule has 0 rings (SSSR count). The van der Waals surface area contributed by atoms with E-state index in [-0.39, 0.29) is 25.5 Å². The van der Waals surface area contributed by atoms with Gasteiger partial charge in [0.2, 0.25) is 5.91 Å². The zero-order valence-electron chi connectivity index (χ0n) is 6.08. The molecule has 1 atom stereocenters. The predicted octanol–water partition coefficient (Wildman–Crippen LogP) is -1.52.